The van der Waals surface area contributed by atoms with Gasteiger partial charge in [0.2, 0.25) is 5.91 Å². The Hall–Kier alpha value is -0.220. The average Bonchev–Trinajstić information content (AvgIpc) is 2.10. The zero-order chi connectivity index (χ0) is 10.1. The maximum atomic E-state index is 10.8. The fourth-order valence-corrected chi connectivity index (χ4v) is 2.10. The van der Waals surface area contributed by atoms with Crippen LogP contribution in [0.2, 0.25) is 0 Å². The average molecular weight is 204 g/mol. The number of rotatable bonds is 8. The van der Waals surface area contributed by atoms with Gasteiger partial charge in [0.25, 0.3) is 0 Å². The standard InChI is InChI=1S/C9H20N2OS/c1-3-4-5-6-13-7-8(11-2)9(10)12/h8,11H,3-7H2,1-2H3,(H2,10,12). The molecule has 0 radical (unpaired) electrons. The number of hydrogen-bond donors (Lipinski definition) is 2. The lowest BCUT2D eigenvalue weighted by atomic mass is 10.3. The first-order valence-electron chi connectivity index (χ1n) is 4.76. The van der Waals surface area contributed by atoms with Gasteiger partial charge < -0.3 is 11.1 Å². The Kier molecular flexibility index (Phi) is 8.24. The maximum absolute atomic E-state index is 10.8. The summed E-state index contributed by atoms with van der Waals surface area (Å²) in [5.41, 5.74) is 5.17. The van der Waals surface area contributed by atoms with Crippen molar-refractivity contribution in [3.05, 3.63) is 0 Å². The fraction of sp³-hybridized carbons (Fsp3) is 0.889. The fourth-order valence-electron chi connectivity index (χ4n) is 0.963. The van der Waals surface area contributed by atoms with Crippen LogP contribution in [0.15, 0.2) is 0 Å². The van der Waals surface area contributed by atoms with Crippen LogP contribution >= 0.6 is 11.8 Å². The highest BCUT2D eigenvalue weighted by Crippen LogP contribution is 2.07. The number of primary amides is 1. The van der Waals surface area contributed by atoms with Crippen LogP contribution in [-0.2, 0) is 4.79 Å². The predicted molar refractivity (Wildman–Crippen MR) is 58.9 cm³/mol. The molecule has 13 heavy (non-hydrogen) atoms. The molecule has 0 bridgehead atoms. The molecule has 4 heteroatoms. The van der Waals surface area contributed by atoms with Crippen molar-refractivity contribution >= 4 is 17.7 Å². The Bertz CT molecular complexity index is 142. The molecule has 0 aliphatic carbocycles. The van der Waals surface area contributed by atoms with E-state index in [0.29, 0.717) is 0 Å². The van der Waals surface area contributed by atoms with E-state index in [-0.39, 0.29) is 11.9 Å². The molecule has 0 rings (SSSR count). The van der Waals surface area contributed by atoms with Gasteiger partial charge in [-0.1, -0.05) is 19.8 Å². The van der Waals surface area contributed by atoms with E-state index in [1.54, 1.807) is 18.8 Å². The van der Waals surface area contributed by atoms with Gasteiger partial charge in [-0.15, -0.1) is 0 Å². The van der Waals surface area contributed by atoms with Crippen LogP contribution in [0.5, 0.6) is 0 Å². The van der Waals surface area contributed by atoms with Crippen LogP contribution in [0.3, 0.4) is 0 Å². The number of amides is 1. The van der Waals surface area contributed by atoms with Gasteiger partial charge in [-0.05, 0) is 19.2 Å². The van der Waals surface area contributed by atoms with Crippen LogP contribution in [0.1, 0.15) is 26.2 Å². The number of carbonyl (C=O) groups excluding carboxylic acids is 1. The van der Waals surface area contributed by atoms with Crippen LogP contribution < -0.4 is 11.1 Å². The van der Waals surface area contributed by atoms with Gasteiger partial charge in [0.1, 0.15) is 0 Å². The lowest BCUT2D eigenvalue weighted by Gasteiger charge is -2.10. The van der Waals surface area contributed by atoms with Gasteiger partial charge in [0.05, 0.1) is 6.04 Å². The molecule has 0 saturated heterocycles. The number of likely N-dealkylation sites (N-methyl/N-ethyl adjacent to an activating group) is 1. The van der Waals surface area contributed by atoms with Crippen LogP contribution in [0.25, 0.3) is 0 Å². The molecule has 3 N–H and O–H groups in total. The van der Waals surface area contributed by atoms with Crippen molar-refractivity contribution in [1.82, 2.24) is 5.32 Å². The number of hydrogen-bond acceptors (Lipinski definition) is 3. The second-order valence-electron chi connectivity index (χ2n) is 3.03. The Labute approximate surface area is 84.8 Å². The highest BCUT2D eigenvalue weighted by Gasteiger charge is 2.11. The van der Waals surface area contributed by atoms with Crippen molar-refractivity contribution in [1.29, 1.82) is 0 Å². The zero-order valence-electron chi connectivity index (χ0n) is 8.51. The summed E-state index contributed by atoms with van der Waals surface area (Å²) in [6, 6.07) is -0.174. The molecule has 0 aromatic rings. The van der Waals surface area contributed by atoms with Crippen molar-refractivity contribution in [2.75, 3.05) is 18.6 Å². The van der Waals surface area contributed by atoms with Crippen molar-refractivity contribution in [3.63, 3.8) is 0 Å². The molecule has 0 aromatic carbocycles. The van der Waals surface area contributed by atoms with Crippen LogP contribution in [0.4, 0.5) is 0 Å². The molecule has 1 amide bonds. The second kappa shape index (κ2) is 8.38. The van der Waals surface area contributed by atoms with Gasteiger partial charge in [-0.25, -0.2) is 0 Å². The van der Waals surface area contributed by atoms with Crippen molar-refractivity contribution in [3.8, 4) is 0 Å². The van der Waals surface area contributed by atoms with E-state index in [0.717, 1.165) is 11.5 Å². The summed E-state index contributed by atoms with van der Waals surface area (Å²) >= 11 is 1.79. The molecule has 0 saturated carbocycles. The molecule has 78 valence electrons. The third kappa shape index (κ3) is 6.90. The maximum Gasteiger partial charge on any atom is 0.235 e. The second-order valence-corrected chi connectivity index (χ2v) is 4.18. The molecule has 0 heterocycles. The minimum atomic E-state index is -0.259. The number of nitrogens with one attached hydrogen (secondary N) is 1. The molecule has 0 aliphatic rings. The van der Waals surface area contributed by atoms with E-state index in [9.17, 15) is 4.79 Å². The summed E-state index contributed by atoms with van der Waals surface area (Å²) in [5.74, 6) is 1.65. The predicted octanol–water partition coefficient (Wildman–Crippen LogP) is 0.983. The summed E-state index contributed by atoms with van der Waals surface area (Å²) in [7, 11) is 1.77. The quantitative estimate of drug-likeness (QED) is 0.580. The molecule has 1 unspecified atom stereocenters. The van der Waals surface area contributed by atoms with Gasteiger partial charge in [-0.3, -0.25) is 4.79 Å². The SMILES string of the molecule is CCCCCSCC(NC)C(N)=O. The summed E-state index contributed by atoms with van der Waals surface area (Å²) in [6.07, 6.45) is 3.75. The summed E-state index contributed by atoms with van der Waals surface area (Å²) in [5, 5.41) is 2.90. The first-order chi connectivity index (χ1) is 6.22. The molecule has 0 aromatic heterocycles. The van der Waals surface area contributed by atoms with Crippen molar-refractivity contribution in [2.24, 2.45) is 5.73 Å². The number of thioether (sulfide) groups is 1. The van der Waals surface area contributed by atoms with Crippen LogP contribution in [-0.4, -0.2) is 30.5 Å². The molecule has 1 atom stereocenters. The first-order valence-corrected chi connectivity index (χ1v) is 5.92. The van der Waals surface area contributed by atoms with E-state index in [4.69, 9.17) is 5.73 Å². The Balaban J connectivity index is 3.33. The first kappa shape index (κ1) is 12.8. The Morgan fingerprint density at radius 2 is 2.23 bits per heavy atom. The van der Waals surface area contributed by atoms with E-state index >= 15 is 0 Å². The molecule has 3 nitrogen and oxygen atoms in total. The lowest BCUT2D eigenvalue weighted by Crippen LogP contribution is -2.41. The molecular weight excluding hydrogens is 184 g/mol. The third-order valence-electron chi connectivity index (χ3n) is 1.87. The van der Waals surface area contributed by atoms with Gasteiger partial charge in [-0.2, -0.15) is 11.8 Å². The third-order valence-corrected chi connectivity index (χ3v) is 3.02. The molecular formula is C9H20N2OS. The zero-order valence-corrected chi connectivity index (χ0v) is 9.32. The number of nitrogens with two attached hydrogens (primary N) is 1. The van der Waals surface area contributed by atoms with Crippen molar-refractivity contribution in [2.45, 2.75) is 32.2 Å². The van der Waals surface area contributed by atoms with Gasteiger partial charge in [0, 0.05) is 5.75 Å². The molecule has 0 aliphatic heterocycles. The summed E-state index contributed by atoms with van der Waals surface area (Å²) < 4.78 is 0. The van der Waals surface area contributed by atoms with E-state index < -0.39 is 0 Å². The smallest absolute Gasteiger partial charge is 0.235 e. The van der Waals surface area contributed by atoms with E-state index in [2.05, 4.69) is 12.2 Å². The van der Waals surface area contributed by atoms with Crippen molar-refractivity contribution < 1.29 is 4.79 Å². The van der Waals surface area contributed by atoms with Crippen LogP contribution in [0, 0.1) is 0 Å². The largest absolute Gasteiger partial charge is 0.368 e. The monoisotopic (exact) mass is 204 g/mol. The van der Waals surface area contributed by atoms with Gasteiger partial charge in [0.15, 0.2) is 0 Å². The highest BCUT2D eigenvalue weighted by molar-refractivity contribution is 7.99. The lowest BCUT2D eigenvalue weighted by molar-refractivity contribution is -0.119. The topological polar surface area (TPSA) is 55.1 Å². The highest BCUT2D eigenvalue weighted by atomic mass is 32.2. The van der Waals surface area contributed by atoms with Gasteiger partial charge >= 0.3 is 0 Å². The normalized spacial score (nSPS) is 12.8. The van der Waals surface area contributed by atoms with E-state index in [1.165, 1.54) is 19.3 Å². The number of carbonyl (C=O) groups is 1. The van der Waals surface area contributed by atoms with E-state index in [1.807, 2.05) is 0 Å². The summed E-state index contributed by atoms with van der Waals surface area (Å²) in [4.78, 5) is 10.8. The Morgan fingerprint density at radius 3 is 2.69 bits per heavy atom. The summed E-state index contributed by atoms with van der Waals surface area (Å²) in [6.45, 7) is 2.18. The molecule has 0 spiro atoms. The Morgan fingerprint density at radius 1 is 1.54 bits per heavy atom. The minimum Gasteiger partial charge on any atom is -0.368 e. The molecule has 0 fully saturated rings. The minimum absolute atomic E-state index is 0.174. The number of unbranched alkanes of at least 4 members (excludes halogenated alkanes) is 2.